The Balaban J connectivity index is 2.95. The lowest BCUT2D eigenvalue weighted by Gasteiger charge is -2.19. The van der Waals surface area contributed by atoms with Crippen LogP contribution in [0.25, 0.3) is 0 Å². The predicted octanol–water partition coefficient (Wildman–Crippen LogP) is -0.237. The van der Waals surface area contributed by atoms with E-state index in [1.807, 2.05) is 0 Å². The van der Waals surface area contributed by atoms with Gasteiger partial charge in [0.1, 0.15) is 0 Å². The summed E-state index contributed by atoms with van der Waals surface area (Å²) in [6, 6.07) is 0. The smallest absolute Gasteiger partial charge is 0.234 e. The zero-order valence-corrected chi connectivity index (χ0v) is 5.57. The Hall–Kier alpha value is -0.770. The second-order valence-corrected chi connectivity index (χ2v) is 2.13. The molecule has 0 aromatic rings. The van der Waals surface area contributed by atoms with E-state index < -0.39 is 5.91 Å². The van der Waals surface area contributed by atoms with Crippen molar-refractivity contribution in [2.24, 2.45) is 0 Å². The van der Waals surface area contributed by atoms with Gasteiger partial charge in [-0.15, -0.1) is 0 Å². The number of imide groups is 1. The van der Waals surface area contributed by atoms with Crippen LogP contribution in [0.3, 0.4) is 0 Å². The van der Waals surface area contributed by atoms with Crippen LogP contribution in [-0.4, -0.2) is 16.1 Å². The topological polar surface area (TPSA) is 37.4 Å². The number of carbonyl (C=O) groups excluding carboxylic acids is 2. The molecule has 0 N–H and O–H groups in total. The van der Waals surface area contributed by atoms with E-state index in [1.165, 1.54) is 6.08 Å². The molecule has 48 valence electrons. The first-order chi connectivity index (χ1) is 4.13. The molecule has 0 spiro atoms. The van der Waals surface area contributed by atoms with E-state index in [0.717, 1.165) is 0 Å². The molecule has 0 saturated heterocycles. The highest BCUT2D eigenvalue weighted by Gasteiger charge is 2.17. The third-order valence-corrected chi connectivity index (χ3v) is 1.41. The average Bonchev–Trinajstić information content (AvgIpc) is 1.98. The van der Waals surface area contributed by atoms with Gasteiger partial charge in [0.05, 0.1) is 0 Å². The van der Waals surface area contributed by atoms with Gasteiger partial charge in [0.2, 0.25) is 11.8 Å². The summed E-state index contributed by atoms with van der Waals surface area (Å²) in [6.07, 6.45) is 1.23. The van der Waals surface area contributed by atoms with Crippen molar-refractivity contribution in [3.05, 3.63) is 11.6 Å². The Morgan fingerprint density at radius 2 is 2.11 bits per heavy atom. The van der Waals surface area contributed by atoms with Gasteiger partial charge in [0, 0.05) is 11.6 Å². The molecule has 0 radical (unpaired) electrons. The van der Waals surface area contributed by atoms with Crippen LogP contribution in [0, 0.1) is 0 Å². The molecule has 0 aliphatic carbocycles. The molecule has 0 atom stereocenters. The first-order valence-corrected chi connectivity index (χ1v) is 2.73. The summed E-state index contributed by atoms with van der Waals surface area (Å²) in [7, 11) is 0. The highest BCUT2D eigenvalue weighted by Crippen LogP contribution is 2.08. The standard InChI is InChI=1S/C5H4NO2S/c1-3-2-4(7)6(9)5(3)8/h2H,1H3/q-1. The largest absolute Gasteiger partial charge is 0.655 e. The Labute approximate surface area is 57.9 Å². The highest BCUT2D eigenvalue weighted by atomic mass is 32.1. The minimum atomic E-state index is -0.410. The Kier molecular flexibility index (Phi) is 1.32. The van der Waals surface area contributed by atoms with E-state index in [9.17, 15) is 9.59 Å². The molecule has 1 aliphatic heterocycles. The molecular weight excluding hydrogens is 138 g/mol. The molecule has 1 rings (SSSR count). The molecule has 2 amide bonds. The van der Waals surface area contributed by atoms with E-state index in [2.05, 4.69) is 12.8 Å². The summed E-state index contributed by atoms with van der Waals surface area (Å²) in [5.41, 5.74) is 0.412. The molecule has 0 fully saturated rings. The van der Waals surface area contributed by atoms with E-state index >= 15 is 0 Å². The van der Waals surface area contributed by atoms with Gasteiger partial charge in [0.25, 0.3) is 0 Å². The van der Waals surface area contributed by atoms with E-state index in [4.69, 9.17) is 0 Å². The van der Waals surface area contributed by atoms with Gasteiger partial charge in [-0.25, -0.2) is 0 Å². The van der Waals surface area contributed by atoms with E-state index in [1.54, 1.807) is 6.92 Å². The second kappa shape index (κ2) is 1.88. The minimum Gasteiger partial charge on any atom is -0.655 e. The van der Waals surface area contributed by atoms with Crippen LogP contribution in [0.15, 0.2) is 11.6 Å². The van der Waals surface area contributed by atoms with Crippen LogP contribution >= 0.6 is 0 Å². The molecule has 0 bridgehead atoms. The molecule has 0 unspecified atom stereocenters. The minimum absolute atomic E-state index is 0.380. The van der Waals surface area contributed by atoms with E-state index in [0.29, 0.717) is 9.88 Å². The monoisotopic (exact) mass is 142 g/mol. The number of carbonyl (C=O) groups is 2. The van der Waals surface area contributed by atoms with Crippen LogP contribution in [0.1, 0.15) is 6.92 Å². The Bertz CT molecular complexity index is 209. The van der Waals surface area contributed by atoms with Gasteiger partial charge in [-0.3, -0.25) is 9.59 Å². The SMILES string of the molecule is CC1=CC(=O)N([S-])C1=O. The average molecular weight is 142 g/mol. The second-order valence-electron chi connectivity index (χ2n) is 1.77. The first kappa shape index (κ1) is 6.35. The van der Waals surface area contributed by atoms with Crippen molar-refractivity contribution in [1.82, 2.24) is 4.31 Å². The van der Waals surface area contributed by atoms with Crippen molar-refractivity contribution < 1.29 is 9.59 Å². The van der Waals surface area contributed by atoms with Crippen molar-refractivity contribution >= 4 is 24.6 Å². The molecular formula is C5H4NO2S-. The van der Waals surface area contributed by atoms with Gasteiger partial charge < -0.3 is 17.1 Å². The molecule has 1 heterocycles. The zero-order valence-electron chi connectivity index (χ0n) is 4.75. The fourth-order valence-electron chi connectivity index (χ4n) is 0.566. The maximum atomic E-state index is 10.6. The summed E-state index contributed by atoms with van der Waals surface area (Å²) in [4.78, 5) is 21.2. The van der Waals surface area contributed by atoms with Crippen molar-refractivity contribution in [3.63, 3.8) is 0 Å². The Morgan fingerprint density at radius 1 is 1.56 bits per heavy atom. The number of hydrogen-bond donors (Lipinski definition) is 0. The Morgan fingerprint density at radius 3 is 2.22 bits per heavy atom. The number of nitrogens with zero attached hydrogens (tertiary/aromatic N) is 1. The third-order valence-electron chi connectivity index (χ3n) is 1.06. The summed E-state index contributed by atoms with van der Waals surface area (Å²) in [5, 5.41) is 0. The summed E-state index contributed by atoms with van der Waals surface area (Å²) < 4.78 is 0.676. The zero-order chi connectivity index (χ0) is 7.02. The molecule has 3 nitrogen and oxygen atoms in total. The van der Waals surface area contributed by atoms with Crippen LogP contribution < -0.4 is 0 Å². The number of hydrogen-bond acceptors (Lipinski definition) is 3. The van der Waals surface area contributed by atoms with Crippen molar-refractivity contribution in [2.45, 2.75) is 6.92 Å². The van der Waals surface area contributed by atoms with Gasteiger partial charge in [-0.2, -0.15) is 0 Å². The van der Waals surface area contributed by atoms with Crippen LogP contribution in [-0.2, 0) is 22.4 Å². The molecule has 9 heavy (non-hydrogen) atoms. The molecule has 4 heteroatoms. The molecule has 0 saturated carbocycles. The van der Waals surface area contributed by atoms with Crippen molar-refractivity contribution in [3.8, 4) is 0 Å². The van der Waals surface area contributed by atoms with Crippen LogP contribution in [0.2, 0.25) is 0 Å². The van der Waals surface area contributed by atoms with Crippen LogP contribution in [0.4, 0.5) is 0 Å². The number of rotatable bonds is 0. The van der Waals surface area contributed by atoms with Gasteiger partial charge in [0.15, 0.2) is 0 Å². The summed E-state index contributed by atoms with van der Waals surface area (Å²) in [5.74, 6) is -0.789. The highest BCUT2D eigenvalue weighted by molar-refractivity contribution is 7.57. The summed E-state index contributed by atoms with van der Waals surface area (Å²) >= 11 is 4.41. The number of amides is 2. The van der Waals surface area contributed by atoms with Crippen LogP contribution in [0.5, 0.6) is 0 Å². The van der Waals surface area contributed by atoms with Gasteiger partial charge in [-0.05, 0) is 6.92 Å². The van der Waals surface area contributed by atoms with Crippen molar-refractivity contribution in [1.29, 1.82) is 0 Å². The lowest BCUT2D eigenvalue weighted by molar-refractivity contribution is -0.130. The molecule has 0 aromatic carbocycles. The third kappa shape index (κ3) is 0.853. The fraction of sp³-hybridized carbons (Fsp3) is 0.200. The van der Waals surface area contributed by atoms with E-state index in [-0.39, 0.29) is 5.91 Å². The van der Waals surface area contributed by atoms with Gasteiger partial charge >= 0.3 is 0 Å². The normalized spacial score (nSPS) is 18.9. The van der Waals surface area contributed by atoms with Crippen molar-refractivity contribution in [2.75, 3.05) is 0 Å². The maximum Gasteiger partial charge on any atom is 0.234 e. The van der Waals surface area contributed by atoms with Gasteiger partial charge in [-0.1, -0.05) is 0 Å². The molecule has 1 aliphatic rings. The fourth-order valence-corrected chi connectivity index (χ4v) is 0.763. The quantitative estimate of drug-likeness (QED) is 0.346. The maximum absolute atomic E-state index is 10.6. The lowest BCUT2D eigenvalue weighted by atomic mass is 10.3. The summed E-state index contributed by atoms with van der Waals surface area (Å²) in [6.45, 7) is 1.56. The molecule has 0 aromatic heterocycles. The lowest BCUT2D eigenvalue weighted by Crippen LogP contribution is -2.23. The first-order valence-electron chi connectivity index (χ1n) is 2.37. The predicted molar refractivity (Wildman–Crippen MR) is 33.0 cm³/mol.